The zero-order valence-electron chi connectivity index (χ0n) is 14.7. The molecule has 3 nitrogen and oxygen atoms in total. The van der Waals surface area contributed by atoms with Gasteiger partial charge in [0.15, 0.2) is 0 Å². The van der Waals surface area contributed by atoms with Crippen molar-refractivity contribution in [2.75, 3.05) is 13.1 Å². The molecule has 2 fully saturated rings. The minimum atomic E-state index is 0.168. The zero-order valence-corrected chi connectivity index (χ0v) is 14.7. The fraction of sp³-hybridized carbons (Fsp3) is 0.409. The molecule has 0 spiro atoms. The molecule has 0 unspecified atom stereocenters. The van der Waals surface area contributed by atoms with Gasteiger partial charge in [0, 0.05) is 30.7 Å². The Bertz CT molecular complexity index is 699. The van der Waals surface area contributed by atoms with Crippen LogP contribution in [0.15, 0.2) is 54.6 Å². The average molecular weight is 334 g/mol. The van der Waals surface area contributed by atoms with Crippen LogP contribution in [-0.4, -0.2) is 36.0 Å². The number of hydrogen-bond donors (Lipinski definition) is 1. The molecule has 1 N–H and O–H groups in total. The lowest BCUT2D eigenvalue weighted by Gasteiger charge is -2.37. The first-order valence-corrected chi connectivity index (χ1v) is 9.50. The summed E-state index contributed by atoms with van der Waals surface area (Å²) in [6, 6.07) is 19.6. The van der Waals surface area contributed by atoms with Crippen LogP contribution in [0.2, 0.25) is 0 Å². The van der Waals surface area contributed by atoms with E-state index in [1.54, 1.807) is 0 Å². The predicted molar refractivity (Wildman–Crippen MR) is 102 cm³/mol. The highest BCUT2D eigenvalue weighted by Crippen LogP contribution is 2.23. The lowest BCUT2D eigenvalue weighted by molar-refractivity contribution is 0.0697. The van der Waals surface area contributed by atoms with Crippen LogP contribution in [0, 0.1) is 0 Å². The highest BCUT2D eigenvalue weighted by atomic mass is 16.2. The number of carbonyl (C=O) groups excluding carboxylic acids is 1. The molecule has 0 aromatic heterocycles. The summed E-state index contributed by atoms with van der Waals surface area (Å²) in [5, 5.41) is 3.74. The van der Waals surface area contributed by atoms with Gasteiger partial charge in [0.05, 0.1) is 0 Å². The van der Waals surface area contributed by atoms with E-state index in [0.717, 1.165) is 43.1 Å². The third-order valence-electron chi connectivity index (χ3n) is 5.60. The Balaban J connectivity index is 1.35. The molecule has 2 aliphatic rings. The van der Waals surface area contributed by atoms with E-state index in [1.165, 1.54) is 24.8 Å². The quantitative estimate of drug-likeness (QED) is 0.913. The molecule has 2 aromatic rings. The van der Waals surface area contributed by atoms with Crippen molar-refractivity contribution in [3.05, 3.63) is 60.2 Å². The number of benzene rings is 2. The first kappa shape index (κ1) is 16.3. The smallest absolute Gasteiger partial charge is 0.253 e. The van der Waals surface area contributed by atoms with Crippen molar-refractivity contribution in [1.82, 2.24) is 10.2 Å². The van der Waals surface area contributed by atoms with E-state index >= 15 is 0 Å². The molecule has 4 rings (SSSR count). The van der Waals surface area contributed by atoms with Gasteiger partial charge in [-0.1, -0.05) is 48.9 Å². The zero-order chi connectivity index (χ0) is 17.1. The van der Waals surface area contributed by atoms with Crippen molar-refractivity contribution in [2.45, 2.75) is 44.2 Å². The maximum atomic E-state index is 12.7. The Morgan fingerprint density at radius 2 is 1.40 bits per heavy atom. The Morgan fingerprint density at radius 3 is 2.00 bits per heavy atom. The van der Waals surface area contributed by atoms with Crippen molar-refractivity contribution in [1.29, 1.82) is 0 Å². The van der Waals surface area contributed by atoms with Gasteiger partial charge in [0.25, 0.3) is 5.91 Å². The highest BCUT2D eigenvalue weighted by molar-refractivity contribution is 5.94. The highest BCUT2D eigenvalue weighted by Gasteiger charge is 2.26. The summed E-state index contributed by atoms with van der Waals surface area (Å²) in [4.78, 5) is 14.8. The van der Waals surface area contributed by atoms with Crippen molar-refractivity contribution >= 4 is 5.91 Å². The molecule has 0 radical (unpaired) electrons. The summed E-state index contributed by atoms with van der Waals surface area (Å²) in [6.45, 7) is 1.73. The van der Waals surface area contributed by atoms with E-state index in [2.05, 4.69) is 17.4 Å². The lowest BCUT2D eigenvalue weighted by Crippen LogP contribution is -2.49. The monoisotopic (exact) mass is 334 g/mol. The number of carbonyl (C=O) groups is 1. The molecule has 25 heavy (non-hydrogen) atoms. The lowest BCUT2D eigenvalue weighted by atomic mass is 9.91. The van der Waals surface area contributed by atoms with Crippen LogP contribution in [0.1, 0.15) is 42.5 Å². The minimum Gasteiger partial charge on any atom is -0.339 e. The van der Waals surface area contributed by atoms with E-state index in [9.17, 15) is 4.79 Å². The molecule has 1 amide bonds. The molecule has 2 aromatic carbocycles. The standard InChI is InChI=1S/C22H26N2O/c25-22(24-15-13-21(14-16-24)23-20-7-4-8-20)19-11-9-18(10-12-19)17-5-2-1-3-6-17/h1-3,5-6,9-12,20-21,23H,4,7-8,13-16H2. The maximum Gasteiger partial charge on any atom is 0.253 e. The first-order valence-electron chi connectivity index (χ1n) is 9.50. The summed E-state index contributed by atoms with van der Waals surface area (Å²) in [6.07, 6.45) is 6.17. The fourth-order valence-corrected chi connectivity index (χ4v) is 3.78. The van der Waals surface area contributed by atoms with Gasteiger partial charge in [-0.2, -0.15) is 0 Å². The number of hydrogen-bond acceptors (Lipinski definition) is 2. The maximum absolute atomic E-state index is 12.7. The fourth-order valence-electron chi connectivity index (χ4n) is 3.78. The Labute approximate surface area is 150 Å². The van der Waals surface area contributed by atoms with Crippen LogP contribution in [0.5, 0.6) is 0 Å². The van der Waals surface area contributed by atoms with Gasteiger partial charge >= 0.3 is 0 Å². The number of amides is 1. The molecule has 3 heteroatoms. The molecule has 1 saturated carbocycles. The van der Waals surface area contributed by atoms with Crippen molar-refractivity contribution in [3.8, 4) is 11.1 Å². The van der Waals surface area contributed by atoms with Gasteiger partial charge in [0.1, 0.15) is 0 Å². The molecule has 1 aliphatic carbocycles. The third kappa shape index (κ3) is 3.77. The van der Waals surface area contributed by atoms with Crippen LogP contribution in [-0.2, 0) is 0 Å². The molecule has 130 valence electrons. The van der Waals surface area contributed by atoms with Crippen molar-refractivity contribution in [2.24, 2.45) is 0 Å². The third-order valence-corrected chi connectivity index (χ3v) is 5.60. The molecule has 1 heterocycles. The normalized spacial score (nSPS) is 18.8. The van der Waals surface area contributed by atoms with Crippen LogP contribution in [0.4, 0.5) is 0 Å². The van der Waals surface area contributed by atoms with E-state index in [0.29, 0.717) is 6.04 Å². The largest absolute Gasteiger partial charge is 0.339 e. The second-order valence-electron chi connectivity index (χ2n) is 7.30. The number of likely N-dealkylation sites (tertiary alicyclic amines) is 1. The second kappa shape index (κ2) is 7.40. The van der Waals surface area contributed by atoms with Gasteiger partial charge in [-0.05, 0) is 48.9 Å². The number of nitrogens with zero attached hydrogens (tertiary/aromatic N) is 1. The van der Waals surface area contributed by atoms with Crippen LogP contribution >= 0.6 is 0 Å². The molecular formula is C22H26N2O. The summed E-state index contributed by atoms with van der Waals surface area (Å²) in [5.41, 5.74) is 3.13. The Hall–Kier alpha value is -2.13. The molecule has 1 aliphatic heterocycles. The molecule has 0 bridgehead atoms. The van der Waals surface area contributed by atoms with Gasteiger partial charge < -0.3 is 10.2 Å². The molecule has 0 atom stereocenters. The van der Waals surface area contributed by atoms with Crippen LogP contribution in [0.25, 0.3) is 11.1 Å². The first-order chi connectivity index (χ1) is 12.3. The summed E-state index contributed by atoms with van der Waals surface area (Å²) >= 11 is 0. The minimum absolute atomic E-state index is 0.168. The van der Waals surface area contributed by atoms with Crippen molar-refractivity contribution in [3.63, 3.8) is 0 Å². The SMILES string of the molecule is O=C(c1ccc(-c2ccccc2)cc1)N1CCC(NC2CCC2)CC1. The van der Waals surface area contributed by atoms with E-state index in [4.69, 9.17) is 0 Å². The average Bonchev–Trinajstić information content (AvgIpc) is 2.65. The predicted octanol–water partition coefficient (Wildman–Crippen LogP) is 4.10. The number of piperidine rings is 1. The summed E-state index contributed by atoms with van der Waals surface area (Å²) in [7, 11) is 0. The summed E-state index contributed by atoms with van der Waals surface area (Å²) < 4.78 is 0. The van der Waals surface area contributed by atoms with Gasteiger partial charge in [-0.25, -0.2) is 0 Å². The van der Waals surface area contributed by atoms with E-state index in [-0.39, 0.29) is 5.91 Å². The number of nitrogens with one attached hydrogen (secondary N) is 1. The van der Waals surface area contributed by atoms with Gasteiger partial charge in [-0.3, -0.25) is 4.79 Å². The Kier molecular flexibility index (Phi) is 4.84. The van der Waals surface area contributed by atoms with Crippen LogP contribution in [0.3, 0.4) is 0 Å². The topological polar surface area (TPSA) is 32.3 Å². The van der Waals surface area contributed by atoms with E-state index in [1.807, 2.05) is 47.4 Å². The number of rotatable bonds is 4. The second-order valence-corrected chi connectivity index (χ2v) is 7.30. The van der Waals surface area contributed by atoms with Crippen LogP contribution < -0.4 is 5.32 Å². The molecular weight excluding hydrogens is 308 g/mol. The molecule has 1 saturated heterocycles. The van der Waals surface area contributed by atoms with Gasteiger partial charge in [-0.15, -0.1) is 0 Å². The summed E-state index contributed by atoms with van der Waals surface area (Å²) in [5.74, 6) is 0.168. The van der Waals surface area contributed by atoms with Gasteiger partial charge in [0.2, 0.25) is 0 Å². The van der Waals surface area contributed by atoms with E-state index < -0.39 is 0 Å². The Morgan fingerprint density at radius 1 is 0.800 bits per heavy atom. The van der Waals surface area contributed by atoms with Crippen molar-refractivity contribution < 1.29 is 4.79 Å².